The van der Waals surface area contributed by atoms with E-state index < -0.39 is 52.5 Å². The number of hydrogen-bond acceptors (Lipinski definition) is 6. The molecule has 0 aromatic carbocycles. The molecule has 0 heterocycles. The summed E-state index contributed by atoms with van der Waals surface area (Å²) >= 11 is 0. The van der Waals surface area contributed by atoms with E-state index in [9.17, 15) is 19.2 Å². The summed E-state index contributed by atoms with van der Waals surface area (Å²) in [6.07, 6.45) is 2.55. The molecule has 3 atom stereocenters. The third kappa shape index (κ3) is 10.9. The van der Waals surface area contributed by atoms with E-state index in [0.717, 1.165) is 0 Å². The van der Waals surface area contributed by atoms with Crippen molar-refractivity contribution in [3.63, 3.8) is 0 Å². The number of likely N-dealkylation sites (N-methyl/N-ethyl adjacent to an activating group) is 1. The highest BCUT2D eigenvalue weighted by Gasteiger charge is 2.41. The number of esters is 1. The first-order chi connectivity index (χ1) is 17.1. The van der Waals surface area contributed by atoms with Crippen LogP contribution in [0.4, 0.5) is 4.79 Å². The van der Waals surface area contributed by atoms with Gasteiger partial charge in [-0.15, -0.1) is 6.58 Å². The van der Waals surface area contributed by atoms with Gasteiger partial charge in [0.05, 0.1) is 12.6 Å². The summed E-state index contributed by atoms with van der Waals surface area (Å²) in [5.41, 5.74) is -1.87. The number of amides is 3. The number of carbonyl (C=O) groups excluding carboxylic acids is 4. The van der Waals surface area contributed by atoms with Gasteiger partial charge in [0.1, 0.15) is 17.7 Å². The molecule has 0 aliphatic carbocycles. The van der Waals surface area contributed by atoms with Gasteiger partial charge in [-0.25, -0.2) is 9.59 Å². The maximum absolute atomic E-state index is 13.8. The molecule has 38 heavy (non-hydrogen) atoms. The van der Waals surface area contributed by atoms with E-state index in [-0.39, 0.29) is 18.4 Å². The van der Waals surface area contributed by atoms with Crippen molar-refractivity contribution in [1.29, 1.82) is 0 Å². The van der Waals surface area contributed by atoms with Gasteiger partial charge >= 0.3 is 12.1 Å². The first-order valence-corrected chi connectivity index (χ1v) is 13.1. The standard InChI is InChI=1S/C29H51N3O6/c1-15-29(12,13)21(31-26(36)38-28(9,10)11)23(33)30-22(27(6,7)8)24(34)32(14)20(18(3)4)17-19(5)25(35)37-16-2/h15,17-18,20-22H,1,16H2,2-14H3,(H,30,33)(H,31,36)/b19-17+/t20-,21?,22-/m1/s1. The highest BCUT2D eigenvalue weighted by Crippen LogP contribution is 2.27. The summed E-state index contributed by atoms with van der Waals surface area (Å²) in [6, 6.07) is -2.40. The minimum atomic E-state index is -1.05. The Morgan fingerprint density at radius 3 is 1.87 bits per heavy atom. The molecule has 0 saturated carbocycles. The quantitative estimate of drug-likeness (QED) is 0.226. The topological polar surface area (TPSA) is 114 Å². The number of nitrogens with zero attached hydrogens (tertiary/aromatic N) is 1. The molecule has 0 fully saturated rings. The van der Waals surface area contributed by atoms with Gasteiger partial charge in [0.15, 0.2) is 0 Å². The van der Waals surface area contributed by atoms with Crippen LogP contribution in [-0.2, 0) is 23.9 Å². The summed E-state index contributed by atoms with van der Waals surface area (Å²) < 4.78 is 10.5. The van der Waals surface area contributed by atoms with Gasteiger partial charge in [-0.1, -0.05) is 60.6 Å². The Labute approximate surface area is 229 Å². The van der Waals surface area contributed by atoms with Gasteiger partial charge in [0, 0.05) is 18.0 Å². The van der Waals surface area contributed by atoms with E-state index in [2.05, 4.69) is 17.2 Å². The molecule has 0 aliphatic heterocycles. The first-order valence-electron chi connectivity index (χ1n) is 13.1. The van der Waals surface area contributed by atoms with Crippen LogP contribution in [0.25, 0.3) is 0 Å². The summed E-state index contributed by atoms with van der Waals surface area (Å²) in [5, 5.41) is 5.53. The molecule has 2 N–H and O–H groups in total. The molecule has 3 amide bonds. The van der Waals surface area contributed by atoms with E-state index >= 15 is 0 Å². The Bertz CT molecular complexity index is 893. The third-order valence-corrected chi connectivity index (χ3v) is 6.09. The number of ether oxygens (including phenoxy) is 2. The molecule has 9 heteroatoms. The second-order valence-electron chi connectivity index (χ2n) is 12.7. The van der Waals surface area contributed by atoms with Crippen LogP contribution in [0.15, 0.2) is 24.3 Å². The van der Waals surface area contributed by atoms with E-state index in [0.29, 0.717) is 5.57 Å². The fourth-order valence-electron chi connectivity index (χ4n) is 3.68. The molecule has 0 aromatic rings. The lowest BCUT2D eigenvalue weighted by Crippen LogP contribution is -2.62. The van der Waals surface area contributed by atoms with Crippen LogP contribution in [0.5, 0.6) is 0 Å². The fourth-order valence-corrected chi connectivity index (χ4v) is 3.68. The monoisotopic (exact) mass is 537 g/mol. The second kappa shape index (κ2) is 13.8. The highest BCUT2D eigenvalue weighted by atomic mass is 16.6. The van der Waals surface area contributed by atoms with Gasteiger partial charge < -0.3 is 25.0 Å². The average Bonchev–Trinajstić information content (AvgIpc) is 2.75. The lowest BCUT2D eigenvalue weighted by atomic mass is 9.82. The molecule has 0 aromatic heterocycles. The summed E-state index contributed by atoms with van der Waals surface area (Å²) in [6.45, 7) is 25.6. The van der Waals surface area contributed by atoms with Crippen molar-refractivity contribution in [2.24, 2.45) is 16.7 Å². The average molecular weight is 538 g/mol. The van der Waals surface area contributed by atoms with Gasteiger partial charge in [0.2, 0.25) is 11.8 Å². The molecule has 0 spiro atoms. The first kappa shape index (κ1) is 35.2. The molecule has 0 radical (unpaired) electrons. The van der Waals surface area contributed by atoms with Crippen LogP contribution in [0, 0.1) is 16.7 Å². The van der Waals surface area contributed by atoms with E-state index in [1.165, 1.54) is 0 Å². The maximum Gasteiger partial charge on any atom is 0.408 e. The van der Waals surface area contributed by atoms with Crippen molar-refractivity contribution >= 4 is 23.9 Å². The van der Waals surface area contributed by atoms with Crippen molar-refractivity contribution in [2.75, 3.05) is 13.7 Å². The van der Waals surface area contributed by atoms with Crippen molar-refractivity contribution in [3.8, 4) is 0 Å². The molecular weight excluding hydrogens is 486 g/mol. The highest BCUT2D eigenvalue weighted by molar-refractivity contribution is 5.93. The van der Waals surface area contributed by atoms with Crippen molar-refractivity contribution in [2.45, 2.75) is 107 Å². The van der Waals surface area contributed by atoms with Gasteiger partial charge in [-0.05, 0) is 46.0 Å². The SMILES string of the molecule is C=CC(C)(C)C(NC(=O)OC(C)(C)C)C(=O)N[C@H](C(=O)N(C)[C@H](/C=C(\C)C(=O)OCC)C(C)C)C(C)(C)C. The Kier molecular flexibility index (Phi) is 12.8. The number of nitrogens with one attached hydrogen (secondary N) is 2. The smallest absolute Gasteiger partial charge is 0.408 e. The number of alkyl carbamates (subject to hydrolysis) is 1. The molecule has 0 rings (SSSR count). The van der Waals surface area contributed by atoms with Gasteiger partial charge in [-0.3, -0.25) is 9.59 Å². The molecule has 0 saturated heterocycles. The molecule has 0 bridgehead atoms. The van der Waals surface area contributed by atoms with Gasteiger partial charge in [-0.2, -0.15) is 0 Å². The van der Waals surface area contributed by atoms with Crippen LogP contribution in [0.1, 0.15) is 83.1 Å². The lowest BCUT2D eigenvalue weighted by molar-refractivity contribution is -0.141. The lowest BCUT2D eigenvalue weighted by Gasteiger charge is -2.39. The molecular formula is C29H51N3O6. The number of carbonyl (C=O) groups is 4. The Morgan fingerprint density at radius 2 is 1.47 bits per heavy atom. The van der Waals surface area contributed by atoms with Crippen molar-refractivity contribution in [3.05, 3.63) is 24.3 Å². The zero-order valence-corrected chi connectivity index (χ0v) is 25.8. The minimum Gasteiger partial charge on any atom is -0.463 e. The van der Waals surface area contributed by atoms with Crippen LogP contribution in [-0.4, -0.2) is 66.2 Å². The maximum atomic E-state index is 13.8. The van der Waals surface area contributed by atoms with E-state index in [1.54, 1.807) is 72.6 Å². The Balaban J connectivity index is 6.23. The molecule has 1 unspecified atom stereocenters. The number of rotatable bonds is 11. The largest absolute Gasteiger partial charge is 0.463 e. The predicted octanol–water partition coefficient (Wildman–Crippen LogP) is 4.62. The van der Waals surface area contributed by atoms with Crippen LogP contribution < -0.4 is 10.6 Å². The summed E-state index contributed by atoms with van der Waals surface area (Å²) in [7, 11) is 1.65. The van der Waals surface area contributed by atoms with Crippen molar-refractivity contribution < 1.29 is 28.7 Å². The predicted molar refractivity (Wildman–Crippen MR) is 150 cm³/mol. The Hall–Kier alpha value is -2.84. The zero-order chi connectivity index (χ0) is 30.2. The summed E-state index contributed by atoms with van der Waals surface area (Å²) in [5.74, 6) is -1.33. The van der Waals surface area contributed by atoms with E-state index in [1.807, 2.05) is 34.6 Å². The Morgan fingerprint density at radius 1 is 0.947 bits per heavy atom. The second-order valence-corrected chi connectivity index (χ2v) is 12.7. The third-order valence-electron chi connectivity index (χ3n) is 6.09. The normalized spacial score (nSPS) is 15.2. The molecule has 0 aliphatic rings. The zero-order valence-electron chi connectivity index (χ0n) is 25.8. The van der Waals surface area contributed by atoms with Crippen LogP contribution >= 0.6 is 0 Å². The van der Waals surface area contributed by atoms with Crippen LogP contribution in [0.3, 0.4) is 0 Å². The summed E-state index contributed by atoms with van der Waals surface area (Å²) in [4.78, 5) is 53.7. The molecule has 9 nitrogen and oxygen atoms in total. The van der Waals surface area contributed by atoms with Crippen molar-refractivity contribution in [1.82, 2.24) is 15.5 Å². The molecule has 218 valence electrons. The minimum absolute atomic E-state index is 0.0223. The van der Waals surface area contributed by atoms with Crippen LogP contribution in [0.2, 0.25) is 0 Å². The number of hydrogen-bond donors (Lipinski definition) is 2. The fraction of sp³-hybridized carbons (Fsp3) is 0.724. The van der Waals surface area contributed by atoms with Gasteiger partial charge in [0.25, 0.3) is 0 Å². The van der Waals surface area contributed by atoms with E-state index in [4.69, 9.17) is 9.47 Å².